The summed E-state index contributed by atoms with van der Waals surface area (Å²) in [7, 11) is 0. The number of rotatable bonds is 4. The number of aliphatic hydroxyl groups is 1. The van der Waals surface area contributed by atoms with E-state index in [1.807, 2.05) is 0 Å². The summed E-state index contributed by atoms with van der Waals surface area (Å²) in [5.41, 5.74) is 2.50. The molecule has 1 aromatic carbocycles. The van der Waals surface area contributed by atoms with Gasteiger partial charge in [0.1, 0.15) is 0 Å². The summed E-state index contributed by atoms with van der Waals surface area (Å²) in [6.07, 6.45) is 9.88. The van der Waals surface area contributed by atoms with Crippen LogP contribution in [0, 0.1) is 11.8 Å². The normalized spacial score (nSPS) is 19.6. The second kappa shape index (κ2) is 7.83. The maximum Gasteiger partial charge on any atom is 0.0818 e. The lowest BCUT2D eigenvalue weighted by molar-refractivity contribution is 0.0912. The van der Waals surface area contributed by atoms with E-state index in [4.69, 9.17) is 0 Å². The molecule has 1 N–H and O–H groups in total. The van der Waals surface area contributed by atoms with Crippen molar-refractivity contribution in [3.63, 3.8) is 0 Å². The van der Waals surface area contributed by atoms with Crippen molar-refractivity contribution in [1.82, 2.24) is 0 Å². The predicted molar refractivity (Wildman–Crippen MR) is 85.8 cm³/mol. The van der Waals surface area contributed by atoms with E-state index in [0.717, 1.165) is 12.0 Å². The molecule has 1 atom stereocenters. The molecular formula is C19H30O. The van der Waals surface area contributed by atoms with E-state index >= 15 is 0 Å². The van der Waals surface area contributed by atoms with E-state index in [2.05, 4.69) is 38.1 Å². The van der Waals surface area contributed by atoms with Crippen LogP contribution in [0.25, 0.3) is 0 Å². The summed E-state index contributed by atoms with van der Waals surface area (Å²) < 4.78 is 0. The minimum absolute atomic E-state index is 0.263. The van der Waals surface area contributed by atoms with Gasteiger partial charge in [-0.05, 0) is 42.2 Å². The molecular weight excluding hydrogens is 244 g/mol. The van der Waals surface area contributed by atoms with Gasteiger partial charge in [-0.1, -0.05) is 70.2 Å². The average molecular weight is 274 g/mol. The molecule has 1 nitrogen and oxygen atoms in total. The zero-order chi connectivity index (χ0) is 14.4. The average Bonchev–Trinajstić information content (AvgIpc) is 2.38. The molecule has 0 amide bonds. The van der Waals surface area contributed by atoms with Crippen LogP contribution in [-0.4, -0.2) is 5.11 Å². The molecule has 0 aliphatic heterocycles. The highest BCUT2D eigenvalue weighted by Crippen LogP contribution is 2.33. The van der Waals surface area contributed by atoms with E-state index in [-0.39, 0.29) is 6.10 Å². The molecule has 112 valence electrons. The highest BCUT2D eigenvalue weighted by atomic mass is 16.3. The van der Waals surface area contributed by atoms with Crippen molar-refractivity contribution in [3.05, 3.63) is 35.4 Å². The Morgan fingerprint density at radius 1 is 0.950 bits per heavy atom. The second-order valence-electron chi connectivity index (χ2n) is 6.89. The van der Waals surface area contributed by atoms with Crippen LogP contribution in [0.4, 0.5) is 0 Å². The Kier molecular flexibility index (Phi) is 6.09. The van der Waals surface area contributed by atoms with Crippen LogP contribution >= 0.6 is 0 Å². The molecule has 1 fully saturated rings. The van der Waals surface area contributed by atoms with Crippen molar-refractivity contribution in [2.45, 2.75) is 71.3 Å². The van der Waals surface area contributed by atoms with Crippen molar-refractivity contribution < 1.29 is 5.11 Å². The van der Waals surface area contributed by atoms with Gasteiger partial charge in [-0.15, -0.1) is 0 Å². The Hall–Kier alpha value is -0.820. The minimum atomic E-state index is -0.263. The van der Waals surface area contributed by atoms with Crippen LogP contribution in [0.3, 0.4) is 0 Å². The molecule has 20 heavy (non-hydrogen) atoms. The quantitative estimate of drug-likeness (QED) is 0.792. The van der Waals surface area contributed by atoms with Crippen molar-refractivity contribution in [2.24, 2.45) is 11.8 Å². The van der Waals surface area contributed by atoms with Crippen LogP contribution in [0.5, 0.6) is 0 Å². The summed E-state index contributed by atoms with van der Waals surface area (Å²) in [4.78, 5) is 0. The van der Waals surface area contributed by atoms with Gasteiger partial charge in [-0.2, -0.15) is 0 Å². The summed E-state index contributed by atoms with van der Waals surface area (Å²) in [5.74, 6) is 1.16. The summed E-state index contributed by atoms with van der Waals surface area (Å²) >= 11 is 0. The third-order valence-electron chi connectivity index (χ3n) is 4.56. The van der Waals surface area contributed by atoms with E-state index < -0.39 is 0 Å². The predicted octanol–water partition coefficient (Wildman–Crippen LogP) is 5.28. The summed E-state index contributed by atoms with van der Waals surface area (Å²) in [5, 5.41) is 10.6. The zero-order valence-electron chi connectivity index (χ0n) is 13.1. The van der Waals surface area contributed by atoms with Gasteiger partial charge in [0.2, 0.25) is 0 Å². The van der Waals surface area contributed by atoms with Crippen LogP contribution in [0.2, 0.25) is 0 Å². The number of hydrogen-bond donors (Lipinski definition) is 1. The zero-order valence-corrected chi connectivity index (χ0v) is 13.1. The first-order chi connectivity index (χ1) is 9.66. The van der Waals surface area contributed by atoms with Gasteiger partial charge in [0, 0.05) is 0 Å². The van der Waals surface area contributed by atoms with Crippen molar-refractivity contribution in [2.75, 3.05) is 0 Å². The molecule has 1 aliphatic rings. The lowest BCUT2D eigenvalue weighted by atomic mass is 9.84. The van der Waals surface area contributed by atoms with Gasteiger partial charge in [-0.3, -0.25) is 0 Å². The molecule has 1 aromatic rings. The SMILES string of the molecule is CC(C)Cc1ccc(C(O)C2CCCCCCC2)cc1. The van der Waals surface area contributed by atoms with E-state index in [0.29, 0.717) is 11.8 Å². The number of benzene rings is 1. The molecule has 1 heteroatoms. The lowest BCUT2D eigenvalue weighted by Crippen LogP contribution is -2.14. The van der Waals surface area contributed by atoms with Crippen molar-refractivity contribution >= 4 is 0 Å². The largest absolute Gasteiger partial charge is 0.388 e. The molecule has 1 saturated carbocycles. The first-order valence-electron chi connectivity index (χ1n) is 8.43. The fraction of sp³-hybridized carbons (Fsp3) is 0.684. The van der Waals surface area contributed by atoms with E-state index in [1.54, 1.807) is 0 Å². The van der Waals surface area contributed by atoms with Gasteiger partial charge < -0.3 is 5.11 Å². The molecule has 1 aliphatic carbocycles. The minimum Gasteiger partial charge on any atom is -0.388 e. The van der Waals surface area contributed by atoms with Crippen LogP contribution in [0.1, 0.15) is 76.0 Å². The van der Waals surface area contributed by atoms with E-state index in [9.17, 15) is 5.11 Å². The first kappa shape index (κ1) is 15.6. The fourth-order valence-electron chi connectivity index (χ4n) is 3.40. The highest BCUT2D eigenvalue weighted by Gasteiger charge is 2.21. The van der Waals surface area contributed by atoms with Crippen LogP contribution in [-0.2, 0) is 6.42 Å². The Bertz CT molecular complexity index is 371. The first-order valence-corrected chi connectivity index (χ1v) is 8.43. The fourth-order valence-corrected chi connectivity index (χ4v) is 3.40. The standard InChI is InChI=1S/C19H30O/c1-15(2)14-16-10-12-18(13-11-16)19(20)17-8-6-4-3-5-7-9-17/h10-13,15,17,19-20H,3-9,14H2,1-2H3. The van der Waals surface area contributed by atoms with Gasteiger partial charge in [0.15, 0.2) is 0 Å². The Morgan fingerprint density at radius 3 is 2.05 bits per heavy atom. The molecule has 0 bridgehead atoms. The Balaban J connectivity index is 1.98. The third-order valence-corrected chi connectivity index (χ3v) is 4.56. The smallest absolute Gasteiger partial charge is 0.0818 e. The molecule has 0 spiro atoms. The molecule has 0 radical (unpaired) electrons. The maximum atomic E-state index is 10.6. The van der Waals surface area contributed by atoms with E-state index in [1.165, 1.54) is 50.5 Å². The number of aliphatic hydroxyl groups excluding tert-OH is 1. The maximum absolute atomic E-state index is 10.6. The van der Waals surface area contributed by atoms with Crippen LogP contribution in [0.15, 0.2) is 24.3 Å². The van der Waals surface area contributed by atoms with Gasteiger partial charge in [0.05, 0.1) is 6.10 Å². The molecule has 0 heterocycles. The van der Waals surface area contributed by atoms with Gasteiger partial charge in [-0.25, -0.2) is 0 Å². The summed E-state index contributed by atoms with van der Waals surface area (Å²) in [6.45, 7) is 4.49. The number of hydrogen-bond acceptors (Lipinski definition) is 1. The van der Waals surface area contributed by atoms with Crippen LogP contribution < -0.4 is 0 Å². The second-order valence-corrected chi connectivity index (χ2v) is 6.89. The lowest BCUT2D eigenvalue weighted by Gasteiger charge is -2.25. The molecule has 2 rings (SSSR count). The monoisotopic (exact) mass is 274 g/mol. The van der Waals surface area contributed by atoms with Gasteiger partial charge in [0.25, 0.3) is 0 Å². The highest BCUT2D eigenvalue weighted by molar-refractivity contribution is 5.25. The topological polar surface area (TPSA) is 20.2 Å². The Labute approximate surface area is 124 Å². The summed E-state index contributed by atoms with van der Waals surface area (Å²) in [6, 6.07) is 8.67. The molecule has 0 aromatic heterocycles. The van der Waals surface area contributed by atoms with Crippen molar-refractivity contribution in [3.8, 4) is 0 Å². The Morgan fingerprint density at radius 2 is 1.50 bits per heavy atom. The third kappa shape index (κ3) is 4.63. The van der Waals surface area contributed by atoms with Crippen molar-refractivity contribution in [1.29, 1.82) is 0 Å². The molecule has 0 saturated heterocycles. The van der Waals surface area contributed by atoms with Gasteiger partial charge >= 0.3 is 0 Å². The molecule has 1 unspecified atom stereocenters.